The van der Waals surface area contributed by atoms with Gasteiger partial charge in [-0.3, -0.25) is 10.1 Å². The minimum Gasteiger partial charge on any atom is -0.385 e. The van der Waals surface area contributed by atoms with E-state index < -0.39 is 4.92 Å². The summed E-state index contributed by atoms with van der Waals surface area (Å²) < 4.78 is 4.27. The van der Waals surface area contributed by atoms with Crippen LogP contribution in [0.1, 0.15) is 0 Å². The van der Waals surface area contributed by atoms with E-state index in [1.165, 1.54) is 24.3 Å². The molecule has 0 fully saturated rings. The SMILES string of the molecule is O=[N+]([O-])c1cccc(OCl)c1. The Kier molecular flexibility index (Phi) is 2.28. The third kappa shape index (κ3) is 1.81. The standard InChI is InChI=1S/C6H4ClNO3/c7-11-6-3-1-2-5(4-6)8(9)10/h1-4H. The molecule has 1 aromatic rings. The predicted octanol–water partition coefficient (Wildman–Crippen LogP) is 2.13. The van der Waals surface area contributed by atoms with E-state index in [-0.39, 0.29) is 11.4 Å². The lowest BCUT2D eigenvalue weighted by Crippen LogP contribution is -1.86. The molecule has 0 aliphatic carbocycles. The highest BCUT2D eigenvalue weighted by Crippen LogP contribution is 2.19. The lowest BCUT2D eigenvalue weighted by Gasteiger charge is -1.93. The summed E-state index contributed by atoms with van der Waals surface area (Å²) >= 11 is 4.98. The minimum absolute atomic E-state index is 0.0387. The van der Waals surface area contributed by atoms with Gasteiger partial charge in [-0.05, 0) is 6.07 Å². The quantitative estimate of drug-likeness (QED) is 0.509. The molecule has 0 unspecified atom stereocenters. The van der Waals surface area contributed by atoms with Crippen LogP contribution >= 0.6 is 11.9 Å². The summed E-state index contributed by atoms with van der Waals surface area (Å²) in [6.45, 7) is 0. The van der Waals surface area contributed by atoms with Crippen LogP contribution in [0, 0.1) is 10.1 Å². The average molecular weight is 174 g/mol. The number of non-ortho nitro benzene ring substituents is 1. The Morgan fingerprint density at radius 2 is 2.27 bits per heavy atom. The Morgan fingerprint density at radius 3 is 2.82 bits per heavy atom. The second-order valence-electron chi connectivity index (χ2n) is 1.83. The van der Waals surface area contributed by atoms with E-state index in [9.17, 15) is 10.1 Å². The molecule has 1 aromatic carbocycles. The molecule has 0 heterocycles. The first-order valence-corrected chi connectivity index (χ1v) is 3.08. The van der Waals surface area contributed by atoms with Crippen molar-refractivity contribution in [3.63, 3.8) is 0 Å². The highest BCUT2D eigenvalue weighted by atomic mass is 35.5. The Hall–Kier alpha value is -1.29. The van der Waals surface area contributed by atoms with Gasteiger partial charge in [0, 0.05) is 6.07 Å². The largest absolute Gasteiger partial charge is 0.385 e. The van der Waals surface area contributed by atoms with Crippen LogP contribution in [0.4, 0.5) is 5.69 Å². The molecule has 0 saturated carbocycles. The number of hydrogen-bond donors (Lipinski definition) is 0. The van der Waals surface area contributed by atoms with E-state index in [4.69, 9.17) is 11.9 Å². The maximum absolute atomic E-state index is 10.2. The number of rotatable bonds is 2. The van der Waals surface area contributed by atoms with Crippen molar-refractivity contribution in [2.75, 3.05) is 0 Å². The van der Waals surface area contributed by atoms with Crippen LogP contribution in [0.2, 0.25) is 0 Å². The molecule has 4 nitrogen and oxygen atoms in total. The van der Waals surface area contributed by atoms with Gasteiger partial charge >= 0.3 is 0 Å². The highest BCUT2D eigenvalue weighted by Gasteiger charge is 2.05. The third-order valence-corrected chi connectivity index (χ3v) is 1.30. The number of benzene rings is 1. The Labute approximate surface area is 67.7 Å². The van der Waals surface area contributed by atoms with Crippen molar-refractivity contribution in [2.24, 2.45) is 0 Å². The molecule has 0 radical (unpaired) electrons. The van der Waals surface area contributed by atoms with E-state index in [1.807, 2.05) is 0 Å². The van der Waals surface area contributed by atoms with Crippen LogP contribution in [0.25, 0.3) is 0 Å². The molecule has 0 saturated heterocycles. The summed E-state index contributed by atoms with van der Waals surface area (Å²) in [7, 11) is 0. The molecular formula is C6H4ClNO3. The molecule has 0 aliphatic rings. The van der Waals surface area contributed by atoms with Crippen molar-refractivity contribution >= 4 is 17.6 Å². The van der Waals surface area contributed by atoms with Crippen LogP contribution in [0.5, 0.6) is 5.75 Å². The Morgan fingerprint density at radius 1 is 1.55 bits per heavy atom. The number of hydrogen-bond acceptors (Lipinski definition) is 3. The van der Waals surface area contributed by atoms with Gasteiger partial charge in [-0.1, -0.05) is 6.07 Å². The summed E-state index contributed by atoms with van der Waals surface area (Å²) in [5, 5.41) is 10.2. The van der Waals surface area contributed by atoms with Gasteiger partial charge < -0.3 is 4.29 Å². The normalized spacial score (nSPS) is 9.18. The monoisotopic (exact) mass is 173 g/mol. The van der Waals surface area contributed by atoms with Crippen LogP contribution in [-0.4, -0.2) is 4.92 Å². The van der Waals surface area contributed by atoms with Crippen molar-refractivity contribution in [2.45, 2.75) is 0 Å². The number of nitro groups is 1. The van der Waals surface area contributed by atoms with Crippen LogP contribution in [0.15, 0.2) is 24.3 Å². The molecule has 1 rings (SSSR count). The van der Waals surface area contributed by atoms with E-state index in [0.29, 0.717) is 0 Å². The van der Waals surface area contributed by atoms with Gasteiger partial charge in [0.25, 0.3) is 5.69 Å². The summed E-state index contributed by atoms with van der Waals surface area (Å²) in [4.78, 5) is 9.66. The maximum Gasteiger partial charge on any atom is 0.273 e. The van der Waals surface area contributed by atoms with Crippen molar-refractivity contribution < 1.29 is 9.21 Å². The van der Waals surface area contributed by atoms with Gasteiger partial charge in [0.15, 0.2) is 5.75 Å². The van der Waals surface area contributed by atoms with E-state index in [2.05, 4.69) is 4.29 Å². The van der Waals surface area contributed by atoms with Crippen molar-refractivity contribution in [3.8, 4) is 5.75 Å². The van der Waals surface area contributed by atoms with Crippen molar-refractivity contribution in [1.82, 2.24) is 0 Å². The number of nitrogens with zero attached hydrogens (tertiary/aromatic N) is 1. The molecule has 0 N–H and O–H groups in total. The molecule has 58 valence electrons. The molecule has 0 aliphatic heterocycles. The third-order valence-electron chi connectivity index (χ3n) is 1.12. The average Bonchev–Trinajstić information content (AvgIpc) is 2.05. The first-order valence-electron chi connectivity index (χ1n) is 2.77. The Bertz CT molecular complexity index is 276. The zero-order valence-electron chi connectivity index (χ0n) is 5.36. The molecule has 0 amide bonds. The molecule has 11 heavy (non-hydrogen) atoms. The predicted molar refractivity (Wildman–Crippen MR) is 39.6 cm³/mol. The minimum atomic E-state index is -0.514. The summed E-state index contributed by atoms with van der Waals surface area (Å²) in [6.07, 6.45) is 0. The molecule has 0 aromatic heterocycles. The summed E-state index contributed by atoms with van der Waals surface area (Å²) in [5.41, 5.74) is -0.0387. The number of nitro benzene ring substituents is 1. The summed E-state index contributed by atoms with van der Waals surface area (Å²) in [6, 6.07) is 5.63. The van der Waals surface area contributed by atoms with Gasteiger partial charge in [-0.15, -0.1) is 0 Å². The van der Waals surface area contributed by atoms with Gasteiger partial charge in [-0.2, -0.15) is 0 Å². The van der Waals surface area contributed by atoms with Crippen LogP contribution in [-0.2, 0) is 0 Å². The fourth-order valence-electron chi connectivity index (χ4n) is 0.645. The molecule has 0 atom stereocenters. The van der Waals surface area contributed by atoms with Crippen molar-refractivity contribution in [1.29, 1.82) is 0 Å². The second-order valence-corrected chi connectivity index (χ2v) is 1.99. The zero-order valence-corrected chi connectivity index (χ0v) is 6.12. The maximum atomic E-state index is 10.2. The van der Waals surface area contributed by atoms with Gasteiger partial charge in [0.05, 0.1) is 11.0 Å². The molecule has 0 bridgehead atoms. The summed E-state index contributed by atoms with van der Waals surface area (Å²) in [5.74, 6) is 0.265. The lowest BCUT2D eigenvalue weighted by molar-refractivity contribution is -0.384. The van der Waals surface area contributed by atoms with Crippen LogP contribution in [0.3, 0.4) is 0 Å². The molecule has 0 spiro atoms. The number of halogens is 1. The fourth-order valence-corrected chi connectivity index (χ4v) is 0.741. The van der Waals surface area contributed by atoms with E-state index in [1.54, 1.807) is 0 Å². The first-order chi connectivity index (χ1) is 5.24. The second kappa shape index (κ2) is 3.21. The highest BCUT2D eigenvalue weighted by molar-refractivity contribution is 6.09. The lowest BCUT2D eigenvalue weighted by atomic mass is 10.3. The Balaban J connectivity index is 3.01. The smallest absolute Gasteiger partial charge is 0.273 e. The van der Waals surface area contributed by atoms with Crippen LogP contribution < -0.4 is 4.29 Å². The topological polar surface area (TPSA) is 52.4 Å². The van der Waals surface area contributed by atoms with E-state index in [0.717, 1.165) is 0 Å². The molecule has 5 heteroatoms. The first kappa shape index (κ1) is 7.81. The fraction of sp³-hybridized carbons (Fsp3) is 0. The van der Waals surface area contributed by atoms with Crippen molar-refractivity contribution in [3.05, 3.63) is 34.4 Å². The van der Waals surface area contributed by atoms with Gasteiger partial charge in [-0.25, -0.2) is 0 Å². The molecular weight excluding hydrogens is 170 g/mol. The van der Waals surface area contributed by atoms with E-state index >= 15 is 0 Å². The van der Waals surface area contributed by atoms with Gasteiger partial charge in [0.1, 0.15) is 11.9 Å². The zero-order chi connectivity index (χ0) is 8.27. The van der Waals surface area contributed by atoms with Gasteiger partial charge in [0.2, 0.25) is 0 Å².